The summed E-state index contributed by atoms with van der Waals surface area (Å²) in [4.78, 5) is 14.3. The van der Waals surface area contributed by atoms with Gasteiger partial charge in [0.1, 0.15) is 0 Å². The molecule has 0 aromatic rings. The van der Waals surface area contributed by atoms with Crippen LogP contribution in [0.1, 0.15) is 59.3 Å². The molecule has 0 spiro atoms. The quantitative estimate of drug-likeness (QED) is 0.604. The number of carbonyl (C=O) groups excluding carboxylic acids is 1. The highest BCUT2D eigenvalue weighted by molar-refractivity contribution is 5.78. The minimum atomic E-state index is 0.175. The van der Waals surface area contributed by atoms with Crippen molar-refractivity contribution in [2.45, 2.75) is 71.4 Å². The van der Waals surface area contributed by atoms with Crippen molar-refractivity contribution in [2.75, 3.05) is 26.2 Å². The van der Waals surface area contributed by atoms with E-state index in [2.05, 4.69) is 36.3 Å². The Morgan fingerprint density at radius 1 is 1.40 bits per heavy atom. The zero-order chi connectivity index (χ0) is 14.8. The molecule has 0 radical (unpaired) electrons. The number of rotatable bonds is 10. The highest BCUT2D eigenvalue weighted by Crippen LogP contribution is 2.07. The van der Waals surface area contributed by atoms with Crippen LogP contribution in [0.4, 0.5) is 0 Å². The maximum absolute atomic E-state index is 12.1. The van der Waals surface area contributed by atoms with Gasteiger partial charge in [0.05, 0.1) is 6.54 Å². The van der Waals surface area contributed by atoms with Crippen molar-refractivity contribution < 1.29 is 4.79 Å². The maximum atomic E-state index is 12.1. The van der Waals surface area contributed by atoms with Crippen LogP contribution in [0, 0.1) is 0 Å². The molecule has 1 aliphatic heterocycles. The third-order valence-electron chi connectivity index (χ3n) is 4.10. The summed E-state index contributed by atoms with van der Waals surface area (Å²) in [6.07, 6.45) is 7.30. The molecule has 1 heterocycles. The van der Waals surface area contributed by atoms with E-state index in [0.29, 0.717) is 18.6 Å². The fourth-order valence-corrected chi connectivity index (χ4v) is 2.83. The summed E-state index contributed by atoms with van der Waals surface area (Å²) < 4.78 is 0. The number of amides is 1. The summed E-state index contributed by atoms with van der Waals surface area (Å²) in [5.41, 5.74) is 0. The third-order valence-corrected chi connectivity index (χ3v) is 4.10. The van der Waals surface area contributed by atoms with Gasteiger partial charge in [-0.05, 0) is 39.3 Å². The summed E-state index contributed by atoms with van der Waals surface area (Å²) in [5, 5.41) is 6.62. The number of hydrogen-bond donors (Lipinski definition) is 2. The standard InChI is InChI=1S/C16H33N3O/c1-4-6-7-9-14(3)18-16(20)13-19(5-2)12-15-10-8-11-17-15/h14-15,17H,4-13H2,1-3H3,(H,18,20). The summed E-state index contributed by atoms with van der Waals surface area (Å²) in [6.45, 7) is 10.0. The van der Waals surface area contributed by atoms with Crippen molar-refractivity contribution in [3.05, 3.63) is 0 Å². The lowest BCUT2D eigenvalue weighted by molar-refractivity contribution is -0.122. The summed E-state index contributed by atoms with van der Waals surface area (Å²) in [7, 11) is 0. The van der Waals surface area contributed by atoms with Gasteiger partial charge in [-0.3, -0.25) is 9.69 Å². The second-order valence-electron chi connectivity index (χ2n) is 6.09. The Hall–Kier alpha value is -0.610. The van der Waals surface area contributed by atoms with Crippen LogP contribution in [0.3, 0.4) is 0 Å². The number of hydrogen-bond acceptors (Lipinski definition) is 3. The largest absolute Gasteiger partial charge is 0.353 e. The van der Waals surface area contributed by atoms with E-state index in [1.807, 2.05) is 0 Å². The Labute approximate surface area is 124 Å². The second kappa shape index (κ2) is 10.2. The van der Waals surface area contributed by atoms with E-state index >= 15 is 0 Å². The van der Waals surface area contributed by atoms with Crippen LogP contribution < -0.4 is 10.6 Å². The molecule has 0 aromatic carbocycles. The van der Waals surface area contributed by atoms with Crippen molar-refractivity contribution in [3.8, 4) is 0 Å². The Bertz CT molecular complexity index is 264. The zero-order valence-corrected chi connectivity index (χ0v) is 13.6. The van der Waals surface area contributed by atoms with Gasteiger partial charge in [-0.15, -0.1) is 0 Å². The van der Waals surface area contributed by atoms with E-state index in [9.17, 15) is 4.79 Å². The number of unbranched alkanes of at least 4 members (excludes halogenated alkanes) is 2. The van der Waals surface area contributed by atoms with Crippen molar-refractivity contribution in [1.82, 2.24) is 15.5 Å². The molecule has 1 aliphatic rings. The number of carbonyl (C=O) groups is 1. The first-order valence-corrected chi connectivity index (χ1v) is 8.40. The molecule has 20 heavy (non-hydrogen) atoms. The van der Waals surface area contributed by atoms with E-state index in [-0.39, 0.29) is 5.91 Å². The molecule has 1 fully saturated rings. The predicted molar refractivity (Wildman–Crippen MR) is 84.9 cm³/mol. The zero-order valence-electron chi connectivity index (χ0n) is 13.6. The molecule has 2 unspecified atom stereocenters. The smallest absolute Gasteiger partial charge is 0.234 e. The molecule has 4 nitrogen and oxygen atoms in total. The number of nitrogens with one attached hydrogen (secondary N) is 2. The fraction of sp³-hybridized carbons (Fsp3) is 0.938. The van der Waals surface area contributed by atoms with Crippen molar-refractivity contribution in [2.24, 2.45) is 0 Å². The SMILES string of the molecule is CCCCCC(C)NC(=O)CN(CC)CC1CCCN1. The van der Waals surface area contributed by atoms with Crippen LogP contribution in [0.15, 0.2) is 0 Å². The highest BCUT2D eigenvalue weighted by Gasteiger charge is 2.19. The van der Waals surface area contributed by atoms with Crippen LogP contribution in [0.5, 0.6) is 0 Å². The first-order valence-electron chi connectivity index (χ1n) is 8.40. The predicted octanol–water partition coefficient (Wildman–Crippen LogP) is 2.15. The van der Waals surface area contributed by atoms with Gasteiger partial charge in [0.15, 0.2) is 0 Å². The lowest BCUT2D eigenvalue weighted by Crippen LogP contribution is -2.45. The van der Waals surface area contributed by atoms with Crippen LogP contribution in [0.25, 0.3) is 0 Å². The first-order chi connectivity index (χ1) is 9.65. The Morgan fingerprint density at radius 2 is 2.20 bits per heavy atom. The summed E-state index contributed by atoms with van der Waals surface area (Å²) in [5.74, 6) is 0.175. The molecular weight excluding hydrogens is 250 g/mol. The van der Waals surface area contributed by atoms with Crippen LogP contribution >= 0.6 is 0 Å². The Morgan fingerprint density at radius 3 is 2.80 bits per heavy atom. The Balaban J connectivity index is 2.20. The maximum Gasteiger partial charge on any atom is 0.234 e. The monoisotopic (exact) mass is 283 g/mol. The van der Waals surface area contributed by atoms with Gasteiger partial charge in [0.2, 0.25) is 5.91 Å². The lowest BCUT2D eigenvalue weighted by Gasteiger charge is -2.24. The molecule has 0 bridgehead atoms. The van der Waals surface area contributed by atoms with Crippen LogP contribution in [0.2, 0.25) is 0 Å². The molecule has 1 amide bonds. The second-order valence-corrected chi connectivity index (χ2v) is 6.09. The number of nitrogens with zero attached hydrogens (tertiary/aromatic N) is 1. The average Bonchev–Trinajstić information content (AvgIpc) is 2.91. The third kappa shape index (κ3) is 7.25. The van der Waals surface area contributed by atoms with Crippen molar-refractivity contribution in [3.63, 3.8) is 0 Å². The molecule has 118 valence electrons. The van der Waals surface area contributed by atoms with Gasteiger partial charge in [0.25, 0.3) is 0 Å². The minimum Gasteiger partial charge on any atom is -0.353 e. The molecule has 2 atom stereocenters. The topological polar surface area (TPSA) is 44.4 Å². The summed E-state index contributed by atoms with van der Waals surface area (Å²) >= 11 is 0. The molecule has 2 N–H and O–H groups in total. The normalized spacial score (nSPS) is 20.3. The van der Waals surface area contributed by atoms with Crippen molar-refractivity contribution in [1.29, 1.82) is 0 Å². The van der Waals surface area contributed by atoms with Crippen LogP contribution in [-0.4, -0.2) is 49.1 Å². The molecule has 0 saturated carbocycles. The van der Waals surface area contributed by atoms with Gasteiger partial charge < -0.3 is 10.6 Å². The molecule has 1 rings (SSSR count). The van der Waals surface area contributed by atoms with Gasteiger partial charge in [-0.2, -0.15) is 0 Å². The van der Waals surface area contributed by atoms with Gasteiger partial charge in [-0.25, -0.2) is 0 Å². The van der Waals surface area contributed by atoms with Crippen LogP contribution in [-0.2, 0) is 4.79 Å². The molecule has 0 aliphatic carbocycles. The average molecular weight is 283 g/mol. The van der Waals surface area contributed by atoms with Gasteiger partial charge in [0, 0.05) is 18.6 Å². The molecule has 0 aromatic heterocycles. The van der Waals surface area contributed by atoms with E-state index in [1.54, 1.807) is 0 Å². The van der Waals surface area contributed by atoms with E-state index in [0.717, 1.165) is 26.1 Å². The van der Waals surface area contributed by atoms with E-state index in [4.69, 9.17) is 0 Å². The molecule has 4 heteroatoms. The minimum absolute atomic E-state index is 0.175. The first kappa shape index (κ1) is 17.4. The molecular formula is C16H33N3O. The molecule has 1 saturated heterocycles. The number of likely N-dealkylation sites (N-methyl/N-ethyl adjacent to an activating group) is 1. The lowest BCUT2D eigenvalue weighted by atomic mass is 10.1. The highest BCUT2D eigenvalue weighted by atomic mass is 16.2. The fourth-order valence-electron chi connectivity index (χ4n) is 2.83. The Kier molecular flexibility index (Phi) is 8.86. The van der Waals surface area contributed by atoms with Gasteiger partial charge in [-0.1, -0.05) is 33.1 Å². The van der Waals surface area contributed by atoms with Crippen molar-refractivity contribution >= 4 is 5.91 Å². The van der Waals surface area contributed by atoms with E-state index in [1.165, 1.54) is 32.1 Å². The summed E-state index contributed by atoms with van der Waals surface area (Å²) in [6, 6.07) is 0.877. The van der Waals surface area contributed by atoms with E-state index < -0.39 is 0 Å². The van der Waals surface area contributed by atoms with Gasteiger partial charge >= 0.3 is 0 Å².